The van der Waals surface area contributed by atoms with Gasteiger partial charge in [0.25, 0.3) is 0 Å². The molecule has 2 rings (SSSR count). The third-order valence-electron chi connectivity index (χ3n) is 2.56. The Morgan fingerprint density at radius 1 is 1.29 bits per heavy atom. The van der Waals surface area contributed by atoms with Crippen molar-refractivity contribution in [2.45, 2.75) is 13.1 Å². The van der Waals surface area contributed by atoms with Gasteiger partial charge in [-0.15, -0.1) is 0 Å². The number of amides is 1. The van der Waals surface area contributed by atoms with E-state index in [9.17, 15) is 18.0 Å². The number of aromatic nitrogens is 1. The van der Waals surface area contributed by atoms with E-state index in [-0.39, 0.29) is 12.4 Å². The monoisotopic (exact) mass is 299 g/mol. The van der Waals surface area contributed by atoms with Gasteiger partial charge in [-0.3, -0.25) is 10.1 Å². The van der Waals surface area contributed by atoms with E-state index in [2.05, 4.69) is 15.8 Å². The number of rotatable bonds is 4. The van der Waals surface area contributed by atoms with E-state index in [0.717, 1.165) is 12.1 Å². The Hall–Kier alpha value is -2.51. The van der Waals surface area contributed by atoms with E-state index in [1.165, 1.54) is 12.1 Å². The van der Waals surface area contributed by atoms with E-state index < -0.39 is 17.6 Å². The van der Waals surface area contributed by atoms with Gasteiger partial charge < -0.3 is 9.84 Å². The molecule has 1 aromatic carbocycles. The van der Waals surface area contributed by atoms with Gasteiger partial charge in [-0.1, -0.05) is 5.16 Å². The molecule has 0 spiro atoms. The zero-order valence-corrected chi connectivity index (χ0v) is 11.0. The predicted molar refractivity (Wildman–Crippen MR) is 69.8 cm³/mol. The standard InChI is InChI=1S/C13H12F3N3O2/c1-8-6-12(21-19-8)18-11(20)7-17-10-4-2-9(3-5-10)13(14,15)16/h2-6,17H,7H2,1H3,(H,18,20). The summed E-state index contributed by atoms with van der Waals surface area (Å²) in [5.41, 5.74) is 0.294. The SMILES string of the molecule is Cc1cc(NC(=O)CNc2ccc(C(F)(F)F)cc2)on1. The van der Waals surface area contributed by atoms with Crippen molar-refractivity contribution in [1.29, 1.82) is 0 Å². The third-order valence-corrected chi connectivity index (χ3v) is 2.56. The molecule has 0 aliphatic heterocycles. The molecular formula is C13H12F3N3O2. The predicted octanol–water partition coefficient (Wildman–Crippen LogP) is 3.05. The van der Waals surface area contributed by atoms with E-state index in [4.69, 9.17) is 4.52 Å². The number of carbonyl (C=O) groups excluding carboxylic acids is 1. The molecule has 0 atom stereocenters. The Balaban J connectivity index is 1.86. The largest absolute Gasteiger partial charge is 0.416 e. The maximum Gasteiger partial charge on any atom is 0.416 e. The molecule has 2 aromatic rings. The van der Waals surface area contributed by atoms with Crippen molar-refractivity contribution in [2.24, 2.45) is 0 Å². The number of hydrogen-bond acceptors (Lipinski definition) is 4. The van der Waals surface area contributed by atoms with Gasteiger partial charge >= 0.3 is 6.18 Å². The molecule has 21 heavy (non-hydrogen) atoms. The lowest BCUT2D eigenvalue weighted by atomic mass is 10.2. The lowest BCUT2D eigenvalue weighted by molar-refractivity contribution is -0.137. The fourth-order valence-corrected chi connectivity index (χ4v) is 1.56. The maximum absolute atomic E-state index is 12.4. The summed E-state index contributed by atoms with van der Waals surface area (Å²) >= 11 is 0. The summed E-state index contributed by atoms with van der Waals surface area (Å²) in [5, 5.41) is 8.77. The molecule has 0 aliphatic carbocycles. The van der Waals surface area contributed by atoms with Crippen LogP contribution >= 0.6 is 0 Å². The second-order valence-electron chi connectivity index (χ2n) is 4.31. The van der Waals surface area contributed by atoms with Gasteiger partial charge in [0, 0.05) is 11.8 Å². The molecule has 0 saturated heterocycles. The lowest BCUT2D eigenvalue weighted by Gasteiger charge is -2.09. The summed E-state index contributed by atoms with van der Waals surface area (Å²) in [6, 6.07) is 5.96. The molecule has 0 unspecified atom stereocenters. The smallest absolute Gasteiger partial charge is 0.376 e. The van der Waals surface area contributed by atoms with Crippen LogP contribution < -0.4 is 10.6 Å². The Kier molecular flexibility index (Phi) is 4.15. The molecule has 1 heterocycles. The number of aryl methyl sites for hydroxylation is 1. The highest BCUT2D eigenvalue weighted by atomic mass is 19.4. The maximum atomic E-state index is 12.4. The van der Waals surface area contributed by atoms with Gasteiger partial charge in [-0.2, -0.15) is 13.2 Å². The van der Waals surface area contributed by atoms with Crippen LogP contribution in [-0.4, -0.2) is 17.6 Å². The van der Waals surface area contributed by atoms with E-state index in [1.807, 2.05) is 0 Å². The van der Waals surface area contributed by atoms with Gasteiger partial charge in [0.05, 0.1) is 17.8 Å². The summed E-state index contributed by atoms with van der Waals surface area (Å²) in [7, 11) is 0. The first kappa shape index (κ1) is 14.9. The Morgan fingerprint density at radius 2 is 1.95 bits per heavy atom. The minimum absolute atomic E-state index is 0.106. The Morgan fingerprint density at radius 3 is 2.48 bits per heavy atom. The number of anilines is 2. The number of nitrogens with one attached hydrogen (secondary N) is 2. The van der Waals surface area contributed by atoms with Crippen molar-refractivity contribution in [3.8, 4) is 0 Å². The Labute approximate surface area is 118 Å². The molecule has 5 nitrogen and oxygen atoms in total. The number of benzene rings is 1. The number of carbonyl (C=O) groups is 1. The van der Waals surface area contributed by atoms with Gasteiger partial charge in [0.1, 0.15) is 0 Å². The first-order valence-corrected chi connectivity index (χ1v) is 5.99. The van der Waals surface area contributed by atoms with Crippen LogP contribution in [0.4, 0.5) is 24.7 Å². The molecule has 8 heteroatoms. The van der Waals surface area contributed by atoms with Crippen molar-refractivity contribution < 1.29 is 22.5 Å². The lowest BCUT2D eigenvalue weighted by Crippen LogP contribution is -2.21. The highest BCUT2D eigenvalue weighted by Crippen LogP contribution is 2.29. The highest BCUT2D eigenvalue weighted by Gasteiger charge is 2.29. The average Bonchev–Trinajstić information content (AvgIpc) is 2.81. The van der Waals surface area contributed by atoms with Crippen molar-refractivity contribution in [3.63, 3.8) is 0 Å². The third kappa shape index (κ3) is 4.23. The molecule has 2 N–H and O–H groups in total. The van der Waals surface area contributed by atoms with Crippen LogP contribution in [0.1, 0.15) is 11.3 Å². The van der Waals surface area contributed by atoms with Crippen LogP contribution in [0.3, 0.4) is 0 Å². The summed E-state index contributed by atoms with van der Waals surface area (Å²) in [6.45, 7) is 1.60. The normalized spacial score (nSPS) is 11.2. The average molecular weight is 299 g/mol. The molecule has 112 valence electrons. The first-order valence-electron chi connectivity index (χ1n) is 5.99. The summed E-state index contributed by atoms with van der Waals surface area (Å²) in [5.74, 6) is -0.183. The van der Waals surface area contributed by atoms with Crippen LogP contribution in [0.2, 0.25) is 0 Å². The number of nitrogens with zero attached hydrogens (tertiary/aromatic N) is 1. The minimum atomic E-state index is -4.37. The molecule has 1 amide bonds. The zero-order valence-electron chi connectivity index (χ0n) is 11.0. The zero-order chi connectivity index (χ0) is 15.5. The van der Waals surface area contributed by atoms with Crippen molar-refractivity contribution in [2.75, 3.05) is 17.2 Å². The van der Waals surface area contributed by atoms with Gasteiger partial charge in [0.2, 0.25) is 11.8 Å². The topological polar surface area (TPSA) is 67.2 Å². The molecular weight excluding hydrogens is 287 g/mol. The minimum Gasteiger partial charge on any atom is -0.376 e. The first-order chi connectivity index (χ1) is 9.84. The summed E-state index contributed by atoms with van der Waals surface area (Å²) in [6.07, 6.45) is -4.37. The number of halogens is 3. The molecule has 0 saturated carbocycles. The van der Waals surface area contributed by atoms with Gasteiger partial charge in [0.15, 0.2) is 0 Å². The Bertz CT molecular complexity index is 620. The van der Waals surface area contributed by atoms with E-state index in [1.54, 1.807) is 13.0 Å². The fraction of sp³-hybridized carbons (Fsp3) is 0.231. The van der Waals surface area contributed by atoms with Crippen LogP contribution in [0.25, 0.3) is 0 Å². The second-order valence-corrected chi connectivity index (χ2v) is 4.31. The van der Waals surface area contributed by atoms with Gasteiger partial charge in [-0.25, -0.2) is 0 Å². The van der Waals surface area contributed by atoms with Crippen LogP contribution in [0.15, 0.2) is 34.9 Å². The quantitative estimate of drug-likeness (QED) is 0.910. The molecule has 0 radical (unpaired) electrons. The van der Waals surface area contributed by atoms with Crippen molar-refractivity contribution in [3.05, 3.63) is 41.6 Å². The van der Waals surface area contributed by atoms with Crippen molar-refractivity contribution >= 4 is 17.5 Å². The van der Waals surface area contributed by atoms with Crippen LogP contribution in [-0.2, 0) is 11.0 Å². The fourth-order valence-electron chi connectivity index (χ4n) is 1.56. The summed E-state index contributed by atoms with van der Waals surface area (Å²) < 4.78 is 41.9. The van der Waals surface area contributed by atoms with Crippen LogP contribution in [0, 0.1) is 6.92 Å². The molecule has 0 bridgehead atoms. The van der Waals surface area contributed by atoms with Gasteiger partial charge in [-0.05, 0) is 31.2 Å². The highest BCUT2D eigenvalue weighted by molar-refractivity contribution is 5.92. The number of alkyl halides is 3. The second kappa shape index (κ2) is 5.86. The van der Waals surface area contributed by atoms with Crippen molar-refractivity contribution in [1.82, 2.24) is 5.16 Å². The molecule has 0 fully saturated rings. The molecule has 1 aromatic heterocycles. The van der Waals surface area contributed by atoms with E-state index >= 15 is 0 Å². The number of hydrogen-bond donors (Lipinski definition) is 2. The molecule has 0 aliphatic rings. The van der Waals surface area contributed by atoms with E-state index in [0.29, 0.717) is 11.4 Å². The van der Waals surface area contributed by atoms with Crippen LogP contribution in [0.5, 0.6) is 0 Å². The summed E-state index contributed by atoms with van der Waals surface area (Å²) in [4.78, 5) is 11.6.